The number of carbonyl (C=O) groups excluding carboxylic acids is 1. The number of carbonyl (C=O) groups is 1. The highest BCUT2D eigenvalue weighted by molar-refractivity contribution is 14.1. The standard InChI is InChI=1S/C23H22INO3/c1-15-4-8-17(9-5-15)14-28-22-20(24)12-18(13-21(22)27-3)23(26)25-19-10-6-16(2)7-11-19/h4-13H,14H2,1-3H3,(H,25,26). The highest BCUT2D eigenvalue weighted by Crippen LogP contribution is 2.34. The van der Waals surface area contributed by atoms with Gasteiger partial charge in [0, 0.05) is 11.3 Å². The minimum Gasteiger partial charge on any atom is -0.493 e. The number of anilines is 1. The van der Waals surface area contributed by atoms with E-state index < -0.39 is 0 Å². The highest BCUT2D eigenvalue weighted by atomic mass is 127. The van der Waals surface area contributed by atoms with Gasteiger partial charge in [-0.2, -0.15) is 0 Å². The number of ether oxygens (including phenoxy) is 2. The zero-order chi connectivity index (χ0) is 20.1. The maximum absolute atomic E-state index is 12.6. The summed E-state index contributed by atoms with van der Waals surface area (Å²) in [5.74, 6) is 0.980. The Balaban J connectivity index is 1.77. The predicted molar refractivity (Wildman–Crippen MR) is 120 cm³/mol. The van der Waals surface area contributed by atoms with Crippen LogP contribution in [-0.4, -0.2) is 13.0 Å². The van der Waals surface area contributed by atoms with Crippen LogP contribution in [-0.2, 0) is 6.61 Å². The summed E-state index contributed by atoms with van der Waals surface area (Å²) in [6.45, 7) is 4.49. The molecule has 0 spiro atoms. The van der Waals surface area contributed by atoms with Crippen molar-refractivity contribution in [1.29, 1.82) is 0 Å². The van der Waals surface area contributed by atoms with Gasteiger partial charge >= 0.3 is 0 Å². The lowest BCUT2D eigenvalue weighted by molar-refractivity contribution is 0.102. The molecule has 0 aliphatic heterocycles. The number of rotatable bonds is 6. The molecule has 4 nitrogen and oxygen atoms in total. The lowest BCUT2D eigenvalue weighted by Gasteiger charge is -2.15. The molecule has 0 aliphatic rings. The Hall–Kier alpha value is -2.54. The van der Waals surface area contributed by atoms with E-state index in [9.17, 15) is 4.79 Å². The molecule has 3 rings (SSSR count). The third-order valence-electron chi connectivity index (χ3n) is 4.30. The van der Waals surface area contributed by atoms with Gasteiger partial charge in [-0.25, -0.2) is 0 Å². The number of hydrogen-bond acceptors (Lipinski definition) is 3. The first-order chi connectivity index (χ1) is 13.5. The monoisotopic (exact) mass is 487 g/mol. The summed E-state index contributed by atoms with van der Waals surface area (Å²) >= 11 is 2.17. The van der Waals surface area contributed by atoms with Gasteiger partial charge in [-0.1, -0.05) is 47.5 Å². The van der Waals surface area contributed by atoms with Crippen molar-refractivity contribution in [3.8, 4) is 11.5 Å². The summed E-state index contributed by atoms with van der Waals surface area (Å²) < 4.78 is 12.3. The van der Waals surface area contributed by atoms with Crippen molar-refractivity contribution in [1.82, 2.24) is 0 Å². The van der Waals surface area contributed by atoms with Crippen molar-refractivity contribution < 1.29 is 14.3 Å². The van der Waals surface area contributed by atoms with E-state index in [1.165, 1.54) is 5.56 Å². The highest BCUT2D eigenvalue weighted by Gasteiger charge is 2.16. The van der Waals surface area contributed by atoms with Crippen LogP contribution in [0.2, 0.25) is 0 Å². The molecule has 0 bridgehead atoms. The molecule has 3 aromatic carbocycles. The molecule has 5 heteroatoms. The zero-order valence-corrected chi connectivity index (χ0v) is 18.2. The fourth-order valence-corrected chi connectivity index (χ4v) is 3.43. The predicted octanol–water partition coefficient (Wildman–Crippen LogP) is 5.75. The summed E-state index contributed by atoms with van der Waals surface area (Å²) in [6, 6.07) is 19.4. The van der Waals surface area contributed by atoms with Crippen molar-refractivity contribution in [2.24, 2.45) is 0 Å². The van der Waals surface area contributed by atoms with Gasteiger partial charge in [0.1, 0.15) is 6.61 Å². The molecule has 144 valence electrons. The average Bonchev–Trinajstić information content (AvgIpc) is 2.69. The molecule has 0 aromatic heterocycles. The number of methoxy groups -OCH3 is 1. The summed E-state index contributed by atoms with van der Waals surface area (Å²) in [7, 11) is 1.58. The average molecular weight is 487 g/mol. The number of halogens is 1. The first-order valence-corrected chi connectivity index (χ1v) is 9.98. The second-order valence-electron chi connectivity index (χ2n) is 6.58. The first-order valence-electron chi connectivity index (χ1n) is 8.90. The van der Waals surface area contributed by atoms with Crippen LogP contribution in [0.1, 0.15) is 27.0 Å². The summed E-state index contributed by atoms with van der Waals surface area (Å²) in [5, 5.41) is 2.91. The van der Waals surface area contributed by atoms with Crippen molar-refractivity contribution in [3.05, 3.63) is 86.5 Å². The maximum Gasteiger partial charge on any atom is 0.255 e. The lowest BCUT2D eigenvalue weighted by atomic mass is 10.1. The second-order valence-corrected chi connectivity index (χ2v) is 7.75. The first kappa shape index (κ1) is 20.2. The van der Waals surface area contributed by atoms with Crippen LogP contribution in [0.3, 0.4) is 0 Å². The molecule has 28 heavy (non-hydrogen) atoms. The van der Waals surface area contributed by atoms with Gasteiger partial charge in [0.2, 0.25) is 0 Å². The van der Waals surface area contributed by atoms with Crippen LogP contribution in [0.25, 0.3) is 0 Å². The Bertz CT molecular complexity index is 966. The Kier molecular flexibility index (Phi) is 6.57. The Labute approximate surface area is 179 Å². The third-order valence-corrected chi connectivity index (χ3v) is 5.11. The van der Waals surface area contributed by atoms with Gasteiger partial charge in [0.05, 0.1) is 10.7 Å². The Morgan fingerprint density at radius 1 is 0.964 bits per heavy atom. The molecule has 0 saturated carbocycles. The fraction of sp³-hybridized carbons (Fsp3) is 0.174. The molecule has 1 amide bonds. The second kappa shape index (κ2) is 9.10. The van der Waals surface area contributed by atoms with Gasteiger partial charge in [-0.15, -0.1) is 0 Å². The van der Waals surface area contributed by atoms with Gasteiger partial charge < -0.3 is 14.8 Å². The molecular weight excluding hydrogens is 465 g/mol. The van der Waals surface area contributed by atoms with E-state index >= 15 is 0 Å². The largest absolute Gasteiger partial charge is 0.493 e. The van der Waals surface area contributed by atoms with Gasteiger partial charge in [-0.05, 0) is 66.3 Å². The molecular formula is C23H22INO3. The van der Waals surface area contributed by atoms with Crippen molar-refractivity contribution >= 4 is 34.2 Å². The van der Waals surface area contributed by atoms with E-state index in [1.807, 2.05) is 43.3 Å². The van der Waals surface area contributed by atoms with Crippen LogP contribution >= 0.6 is 22.6 Å². The van der Waals surface area contributed by atoms with Crippen LogP contribution in [0.5, 0.6) is 11.5 Å². The smallest absolute Gasteiger partial charge is 0.255 e. The molecule has 0 atom stereocenters. The van der Waals surface area contributed by atoms with Crippen LogP contribution < -0.4 is 14.8 Å². The topological polar surface area (TPSA) is 47.6 Å². The van der Waals surface area contributed by atoms with E-state index in [0.29, 0.717) is 23.7 Å². The number of nitrogens with one attached hydrogen (secondary N) is 1. The van der Waals surface area contributed by atoms with Gasteiger partial charge in [-0.3, -0.25) is 4.79 Å². The van der Waals surface area contributed by atoms with Gasteiger partial charge in [0.15, 0.2) is 11.5 Å². The molecule has 0 unspecified atom stereocenters. The van der Waals surface area contributed by atoms with Crippen LogP contribution in [0.4, 0.5) is 5.69 Å². The number of hydrogen-bond donors (Lipinski definition) is 1. The SMILES string of the molecule is COc1cc(C(=O)Nc2ccc(C)cc2)cc(I)c1OCc1ccc(C)cc1. The fourth-order valence-electron chi connectivity index (χ4n) is 2.67. The molecule has 0 heterocycles. The third kappa shape index (κ3) is 5.04. The van der Waals surface area contributed by atoms with Crippen molar-refractivity contribution in [3.63, 3.8) is 0 Å². The summed E-state index contributed by atoms with van der Waals surface area (Å²) in [5.41, 5.74) is 4.70. The summed E-state index contributed by atoms with van der Waals surface area (Å²) in [6.07, 6.45) is 0. The van der Waals surface area contributed by atoms with Crippen LogP contribution in [0, 0.1) is 17.4 Å². The van der Waals surface area contributed by atoms with Crippen molar-refractivity contribution in [2.45, 2.75) is 20.5 Å². The van der Waals surface area contributed by atoms with Crippen molar-refractivity contribution in [2.75, 3.05) is 12.4 Å². The quantitative estimate of drug-likeness (QED) is 0.451. The normalized spacial score (nSPS) is 10.4. The van der Waals surface area contributed by atoms with E-state index in [-0.39, 0.29) is 5.91 Å². The zero-order valence-electron chi connectivity index (χ0n) is 16.1. The van der Waals surface area contributed by atoms with Gasteiger partial charge in [0.25, 0.3) is 5.91 Å². The van der Waals surface area contributed by atoms with E-state index in [4.69, 9.17) is 9.47 Å². The molecule has 0 fully saturated rings. The number of benzene rings is 3. The molecule has 0 radical (unpaired) electrons. The Morgan fingerprint density at radius 2 is 1.57 bits per heavy atom. The van der Waals surface area contributed by atoms with E-state index in [2.05, 4.69) is 47.0 Å². The minimum atomic E-state index is -0.190. The number of amides is 1. The van der Waals surface area contributed by atoms with Crippen LogP contribution in [0.15, 0.2) is 60.7 Å². The molecule has 3 aromatic rings. The molecule has 0 saturated heterocycles. The molecule has 0 aliphatic carbocycles. The molecule has 1 N–H and O–H groups in total. The Morgan fingerprint density at radius 3 is 2.18 bits per heavy atom. The van der Waals surface area contributed by atoms with E-state index in [0.717, 1.165) is 20.4 Å². The summed E-state index contributed by atoms with van der Waals surface area (Å²) in [4.78, 5) is 12.6. The lowest BCUT2D eigenvalue weighted by Crippen LogP contribution is -2.13. The van der Waals surface area contributed by atoms with E-state index in [1.54, 1.807) is 19.2 Å². The number of aryl methyl sites for hydroxylation is 2. The minimum absolute atomic E-state index is 0.190. The maximum atomic E-state index is 12.6.